The molecule has 0 atom stereocenters. The molecule has 1 amide bonds. The molecule has 3 rings (SSSR count). The number of nitrogen functional groups attached to an aromatic ring is 1. The topological polar surface area (TPSA) is 89.4 Å². The Kier molecular flexibility index (Phi) is 3.02. The average molecular weight is 282 g/mol. The summed E-state index contributed by atoms with van der Waals surface area (Å²) in [6.45, 7) is 1.52. The molecular weight excluding hydrogens is 268 g/mol. The van der Waals surface area contributed by atoms with Crippen LogP contribution in [-0.2, 0) is 4.79 Å². The van der Waals surface area contributed by atoms with Crippen LogP contribution in [0.5, 0.6) is 0 Å². The van der Waals surface area contributed by atoms with Gasteiger partial charge in [0, 0.05) is 25.2 Å². The predicted octanol–water partition coefficient (Wildman–Crippen LogP) is 1.36. The average Bonchev–Trinajstić information content (AvgIpc) is 2.87. The van der Waals surface area contributed by atoms with Crippen molar-refractivity contribution in [3.63, 3.8) is 0 Å². The first kappa shape index (κ1) is 13.0. The Bertz CT molecular complexity index is 825. The van der Waals surface area contributed by atoms with E-state index < -0.39 is 0 Å². The van der Waals surface area contributed by atoms with Crippen LogP contribution in [0.15, 0.2) is 36.4 Å². The smallest absolute Gasteiger partial charge is 0.243 e. The fourth-order valence-electron chi connectivity index (χ4n) is 2.02. The van der Waals surface area contributed by atoms with Crippen molar-refractivity contribution in [2.75, 3.05) is 17.7 Å². The molecule has 0 radical (unpaired) electrons. The molecule has 0 fully saturated rings. The lowest BCUT2D eigenvalue weighted by molar-refractivity contribution is -0.116. The highest BCUT2D eigenvalue weighted by molar-refractivity contribution is 5.91. The van der Waals surface area contributed by atoms with Crippen molar-refractivity contribution in [3.8, 4) is 11.3 Å². The third kappa shape index (κ3) is 2.29. The molecule has 2 aromatic heterocycles. The van der Waals surface area contributed by atoms with Gasteiger partial charge in [-0.15, -0.1) is 10.2 Å². The Morgan fingerprint density at radius 3 is 2.81 bits per heavy atom. The quantitative estimate of drug-likeness (QED) is 0.766. The minimum absolute atomic E-state index is 0.0291. The molecule has 2 N–H and O–H groups in total. The summed E-state index contributed by atoms with van der Waals surface area (Å²) in [5, 5.41) is 12.1. The lowest BCUT2D eigenvalue weighted by Crippen LogP contribution is -2.22. The fourth-order valence-corrected chi connectivity index (χ4v) is 2.02. The Labute approximate surface area is 121 Å². The summed E-state index contributed by atoms with van der Waals surface area (Å²) in [4.78, 5) is 13.0. The third-order valence-electron chi connectivity index (χ3n) is 3.29. The molecule has 106 valence electrons. The van der Waals surface area contributed by atoms with Gasteiger partial charge >= 0.3 is 0 Å². The van der Waals surface area contributed by atoms with Gasteiger partial charge in [-0.05, 0) is 24.3 Å². The summed E-state index contributed by atoms with van der Waals surface area (Å²) in [5.41, 5.74) is 8.72. The summed E-state index contributed by atoms with van der Waals surface area (Å²) >= 11 is 0. The van der Waals surface area contributed by atoms with Crippen LogP contribution in [0.3, 0.4) is 0 Å². The van der Waals surface area contributed by atoms with Gasteiger partial charge in [-0.1, -0.05) is 12.1 Å². The van der Waals surface area contributed by atoms with Crippen LogP contribution < -0.4 is 10.6 Å². The first-order chi connectivity index (χ1) is 10.1. The number of aromatic nitrogens is 4. The summed E-state index contributed by atoms with van der Waals surface area (Å²) in [6.07, 6.45) is 0. The first-order valence-electron chi connectivity index (χ1n) is 6.39. The van der Waals surface area contributed by atoms with Gasteiger partial charge in [0.2, 0.25) is 11.9 Å². The monoisotopic (exact) mass is 282 g/mol. The van der Waals surface area contributed by atoms with Crippen molar-refractivity contribution in [2.45, 2.75) is 6.92 Å². The molecule has 3 aromatic rings. The molecule has 0 spiro atoms. The summed E-state index contributed by atoms with van der Waals surface area (Å²) in [6, 6.07) is 11.2. The summed E-state index contributed by atoms with van der Waals surface area (Å²) in [5.74, 6) is 0.211. The van der Waals surface area contributed by atoms with E-state index in [-0.39, 0.29) is 11.9 Å². The van der Waals surface area contributed by atoms with E-state index in [1.165, 1.54) is 11.4 Å². The highest BCUT2D eigenvalue weighted by atomic mass is 16.2. The van der Waals surface area contributed by atoms with Crippen molar-refractivity contribution in [2.24, 2.45) is 0 Å². The minimum atomic E-state index is -0.0291. The van der Waals surface area contributed by atoms with E-state index in [9.17, 15) is 4.79 Å². The first-order valence-corrected chi connectivity index (χ1v) is 6.39. The van der Waals surface area contributed by atoms with Crippen molar-refractivity contribution < 1.29 is 4.79 Å². The van der Waals surface area contributed by atoms with Crippen LogP contribution in [0.2, 0.25) is 0 Å². The van der Waals surface area contributed by atoms with Gasteiger partial charge < -0.3 is 10.6 Å². The second kappa shape index (κ2) is 4.86. The predicted molar refractivity (Wildman–Crippen MR) is 79.7 cm³/mol. The maximum atomic E-state index is 11.4. The number of hydrogen-bond donors (Lipinski definition) is 1. The number of hydrogen-bond acceptors (Lipinski definition) is 5. The zero-order valence-electron chi connectivity index (χ0n) is 11.7. The zero-order chi connectivity index (χ0) is 15.0. The van der Waals surface area contributed by atoms with Gasteiger partial charge in [0.05, 0.1) is 5.69 Å². The van der Waals surface area contributed by atoms with E-state index in [2.05, 4.69) is 15.3 Å². The number of carbonyl (C=O) groups is 1. The maximum Gasteiger partial charge on any atom is 0.243 e. The number of benzene rings is 1. The largest absolute Gasteiger partial charge is 0.366 e. The van der Waals surface area contributed by atoms with Crippen molar-refractivity contribution in [1.82, 2.24) is 19.8 Å². The Balaban J connectivity index is 2.07. The highest BCUT2D eigenvalue weighted by Crippen LogP contribution is 2.23. The SMILES string of the molecule is CC(=O)N(C)c1cccc(-c2ccc3nnc(N)n3n2)c1. The molecule has 0 unspecified atom stereocenters. The van der Waals surface area contributed by atoms with Gasteiger partial charge in [0.15, 0.2) is 5.65 Å². The highest BCUT2D eigenvalue weighted by Gasteiger charge is 2.09. The van der Waals surface area contributed by atoms with E-state index in [0.29, 0.717) is 5.65 Å². The second-order valence-electron chi connectivity index (χ2n) is 4.68. The van der Waals surface area contributed by atoms with Gasteiger partial charge in [0.25, 0.3) is 0 Å². The van der Waals surface area contributed by atoms with E-state index in [1.807, 2.05) is 30.3 Å². The van der Waals surface area contributed by atoms with Gasteiger partial charge in [0.1, 0.15) is 0 Å². The maximum absolute atomic E-state index is 11.4. The Morgan fingerprint density at radius 1 is 1.24 bits per heavy atom. The van der Waals surface area contributed by atoms with E-state index in [0.717, 1.165) is 16.9 Å². The Morgan fingerprint density at radius 2 is 2.05 bits per heavy atom. The van der Waals surface area contributed by atoms with E-state index >= 15 is 0 Å². The fraction of sp³-hybridized carbons (Fsp3) is 0.143. The summed E-state index contributed by atoms with van der Waals surface area (Å²) < 4.78 is 1.48. The van der Waals surface area contributed by atoms with Gasteiger partial charge in [-0.2, -0.15) is 9.61 Å². The number of nitrogens with two attached hydrogens (primary N) is 1. The Hall–Kier alpha value is -2.96. The van der Waals surface area contributed by atoms with Crippen LogP contribution in [0.1, 0.15) is 6.92 Å². The number of nitrogens with zero attached hydrogens (tertiary/aromatic N) is 5. The molecule has 0 saturated heterocycles. The van der Waals surface area contributed by atoms with Crippen molar-refractivity contribution >= 4 is 23.2 Å². The lowest BCUT2D eigenvalue weighted by Gasteiger charge is -2.15. The van der Waals surface area contributed by atoms with Crippen LogP contribution in [0.25, 0.3) is 16.9 Å². The van der Waals surface area contributed by atoms with E-state index in [1.54, 1.807) is 18.0 Å². The molecule has 7 nitrogen and oxygen atoms in total. The third-order valence-corrected chi connectivity index (χ3v) is 3.29. The molecular formula is C14H14N6O. The molecule has 7 heteroatoms. The molecule has 21 heavy (non-hydrogen) atoms. The molecule has 2 heterocycles. The normalized spacial score (nSPS) is 10.8. The van der Waals surface area contributed by atoms with Crippen LogP contribution in [0.4, 0.5) is 11.6 Å². The van der Waals surface area contributed by atoms with Gasteiger partial charge in [-0.3, -0.25) is 4.79 Å². The van der Waals surface area contributed by atoms with E-state index in [4.69, 9.17) is 5.73 Å². The number of carbonyl (C=O) groups excluding carboxylic acids is 1. The van der Waals surface area contributed by atoms with Crippen LogP contribution in [0, 0.1) is 0 Å². The number of amides is 1. The van der Waals surface area contributed by atoms with Crippen LogP contribution in [-0.4, -0.2) is 32.8 Å². The molecule has 0 aliphatic rings. The molecule has 0 bridgehead atoms. The minimum Gasteiger partial charge on any atom is -0.366 e. The summed E-state index contributed by atoms with van der Waals surface area (Å²) in [7, 11) is 1.73. The lowest BCUT2D eigenvalue weighted by atomic mass is 10.1. The number of anilines is 2. The number of fused-ring (bicyclic) bond motifs is 1. The molecule has 1 aromatic carbocycles. The molecule has 0 saturated carbocycles. The molecule has 0 aliphatic heterocycles. The standard InChI is InChI=1S/C14H14N6O/c1-9(21)19(2)11-5-3-4-10(8-11)12-6-7-13-16-17-14(15)20(13)18-12/h3-8H,1-2H3,(H2,15,17). The van der Waals surface area contributed by atoms with Gasteiger partial charge in [-0.25, -0.2) is 0 Å². The second-order valence-corrected chi connectivity index (χ2v) is 4.68. The van der Waals surface area contributed by atoms with Crippen molar-refractivity contribution in [1.29, 1.82) is 0 Å². The molecule has 0 aliphatic carbocycles. The van der Waals surface area contributed by atoms with Crippen molar-refractivity contribution in [3.05, 3.63) is 36.4 Å². The van der Waals surface area contributed by atoms with Crippen LogP contribution >= 0.6 is 0 Å². The number of rotatable bonds is 2. The zero-order valence-corrected chi connectivity index (χ0v) is 11.7.